The molecule has 1 heterocycles. The molecular weight excluding hydrogens is 359 g/mol. The Morgan fingerprint density at radius 1 is 1.00 bits per heavy atom. The van der Waals surface area contributed by atoms with Gasteiger partial charge in [0.1, 0.15) is 10.7 Å². The summed E-state index contributed by atoms with van der Waals surface area (Å²) >= 11 is 12.3. The Balaban J connectivity index is 2.04. The molecule has 0 fully saturated rings. The molecule has 2 aromatic carbocycles. The minimum Gasteiger partial charge on any atom is -0.336 e. The predicted octanol–water partition coefficient (Wildman–Crippen LogP) is 4.50. The van der Waals surface area contributed by atoms with Gasteiger partial charge in [-0.1, -0.05) is 41.4 Å². The van der Waals surface area contributed by atoms with Gasteiger partial charge in [-0.2, -0.15) is 0 Å². The van der Waals surface area contributed by atoms with E-state index in [4.69, 9.17) is 23.2 Å². The number of hydrogen-bond acceptors (Lipinski definition) is 3. The number of rotatable bonds is 4. The van der Waals surface area contributed by atoms with Gasteiger partial charge in [-0.25, -0.2) is 4.90 Å². The first-order chi connectivity index (χ1) is 11.9. The number of benzene rings is 2. The molecule has 6 heteroatoms. The molecule has 0 saturated heterocycles. The van der Waals surface area contributed by atoms with E-state index >= 15 is 0 Å². The zero-order valence-corrected chi connectivity index (χ0v) is 15.3. The number of nitrogens with zero attached hydrogens (tertiary/aromatic N) is 2. The van der Waals surface area contributed by atoms with Gasteiger partial charge in [-0.15, -0.1) is 0 Å². The number of likely N-dealkylation sites (N-methyl/N-ethyl adjacent to an activating group) is 1. The number of aryl methyl sites for hydroxylation is 1. The second-order valence-electron chi connectivity index (χ2n) is 5.67. The first-order valence-corrected chi connectivity index (χ1v) is 8.58. The van der Waals surface area contributed by atoms with E-state index in [0.717, 1.165) is 16.2 Å². The number of imide groups is 1. The van der Waals surface area contributed by atoms with Crippen LogP contribution in [-0.4, -0.2) is 18.4 Å². The van der Waals surface area contributed by atoms with Gasteiger partial charge >= 0.3 is 0 Å². The summed E-state index contributed by atoms with van der Waals surface area (Å²) in [4.78, 5) is 28.4. The van der Waals surface area contributed by atoms with Crippen molar-refractivity contribution in [2.75, 3.05) is 16.3 Å². The summed E-state index contributed by atoms with van der Waals surface area (Å²) in [6.07, 6.45) is 0. The fourth-order valence-electron chi connectivity index (χ4n) is 2.84. The zero-order chi connectivity index (χ0) is 18.1. The highest BCUT2D eigenvalue weighted by Crippen LogP contribution is 2.34. The number of carbonyl (C=O) groups is 2. The van der Waals surface area contributed by atoms with Gasteiger partial charge in [0.25, 0.3) is 11.8 Å². The van der Waals surface area contributed by atoms with E-state index in [1.54, 1.807) is 29.2 Å². The second-order valence-corrected chi connectivity index (χ2v) is 6.49. The van der Waals surface area contributed by atoms with Crippen LogP contribution in [0.25, 0.3) is 0 Å². The van der Waals surface area contributed by atoms with Crippen LogP contribution in [0.4, 0.5) is 11.4 Å². The Morgan fingerprint density at radius 3 is 2.36 bits per heavy atom. The van der Waals surface area contributed by atoms with Gasteiger partial charge in [0.05, 0.1) is 5.69 Å². The van der Waals surface area contributed by atoms with Gasteiger partial charge < -0.3 is 4.90 Å². The van der Waals surface area contributed by atoms with Crippen LogP contribution in [0, 0.1) is 6.92 Å². The van der Waals surface area contributed by atoms with Crippen molar-refractivity contribution in [3.8, 4) is 0 Å². The highest BCUT2D eigenvalue weighted by atomic mass is 35.5. The summed E-state index contributed by atoms with van der Waals surface area (Å²) in [5, 5.41) is 0.349. The standard InChI is InChI=1S/C19H16Cl2N2O2/c1-3-22(14-8-4-6-12(2)10-14)17-16(21)18(24)23(19(17)25)15-9-5-7-13(20)11-15/h4-11H,3H2,1-2H3. The first-order valence-electron chi connectivity index (χ1n) is 7.82. The minimum absolute atomic E-state index is 0.0895. The molecular formula is C19H16Cl2N2O2. The number of amides is 2. The molecule has 0 spiro atoms. The summed E-state index contributed by atoms with van der Waals surface area (Å²) in [6.45, 7) is 4.37. The van der Waals surface area contributed by atoms with Gasteiger partial charge in [-0.3, -0.25) is 9.59 Å². The average molecular weight is 375 g/mol. The lowest BCUT2D eigenvalue weighted by Crippen LogP contribution is -2.35. The Labute approximate surface area is 156 Å². The van der Waals surface area contributed by atoms with E-state index in [9.17, 15) is 9.59 Å². The van der Waals surface area contributed by atoms with E-state index in [2.05, 4.69) is 0 Å². The molecule has 0 bridgehead atoms. The Hall–Kier alpha value is -2.30. The van der Waals surface area contributed by atoms with Gasteiger partial charge in [0.15, 0.2) is 0 Å². The third-order valence-corrected chi connectivity index (χ3v) is 4.55. The van der Waals surface area contributed by atoms with Crippen molar-refractivity contribution in [2.24, 2.45) is 0 Å². The van der Waals surface area contributed by atoms with Crippen LogP contribution in [0.5, 0.6) is 0 Å². The summed E-state index contributed by atoms with van der Waals surface area (Å²) in [6, 6.07) is 14.3. The Bertz CT molecular complexity index is 892. The molecule has 0 N–H and O–H groups in total. The zero-order valence-electron chi connectivity index (χ0n) is 13.8. The topological polar surface area (TPSA) is 40.6 Å². The highest BCUT2D eigenvalue weighted by Gasteiger charge is 2.41. The summed E-state index contributed by atoms with van der Waals surface area (Å²) in [7, 11) is 0. The highest BCUT2D eigenvalue weighted by molar-refractivity contribution is 6.53. The van der Waals surface area contributed by atoms with Crippen LogP contribution in [0.15, 0.2) is 59.3 Å². The number of halogens is 2. The lowest BCUT2D eigenvalue weighted by molar-refractivity contribution is -0.120. The fourth-order valence-corrected chi connectivity index (χ4v) is 3.29. The van der Waals surface area contributed by atoms with Crippen molar-refractivity contribution in [1.82, 2.24) is 0 Å². The summed E-state index contributed by atoms with van der Waals surface area (Å²) < 4.78 is 0. The molecule has 2 amide bonds. The Kier molecular flexibility index (Phi) is 4.84. The minimum atomic E-state index is -0.546. The van der Waals surface area contributed by atoms with Crippen molar-refractivity contribution >= 4 is 46.4 Å². The molecule has 4 nitrogen and oxygen atoms in total. The molecule has 25 heavy (non-hydrogen) atoms. The number of hydrogen-bond donors (Lipinski definition) is 0. The summed E-state index contributed by atoms with van der Waals surface area (Å²) in [5.41, 5.74) is 2.44. The summed E-state index contributed by atoms with van der Waals surface area (Å²) in [5.74, 6) is -1.00. The van der Waals surface area contributed by atoms with Crippen LogP contribution >= 0.6 is 23.2 Å². The van der Waals surface area contributed by atoms with Crippen molar-refractivity contribution in [3.63, 3.8) is 0 Å². The van der Waals surface area contributed by atoms with Gasteiger partial charge in [-0.05, 0) is 49.7 Å². The van der Waals surface area contributed by atoms with E-state index in [0.29, 0.717) is 17.3 Å². The quantitative estimate of drug-likeness (QED) is 0.739. The maximum Gasteiger partial charge on any atom is 0.283 e. The van der Waals surface area contributed by atoms with Crippen LogP contribution in [-0.2, 0) is 9.59 Å². The molecule has 0 aromatic heterocycles. The fraction of sp³-hybridized carbons (Fsp3) is 0.158. The van der Waals surface area contributed by atoms with Gasteiger partial charge in [0, 0.05) is 17.3 Å². The molecule has 0 saturated carbocycles. The molecule has 1 aliphatic heterocycles. The maximum atomic E-state index is 13.0. The third kappa shape index (κ3) is 3.15. The van der Waals surface area contributed by atoms with E-state index in [1.807, 2.05) is 38.1 Å². The van der Waals surface area contributed by atoms with Crippen LogP contribution < -0.4 is 9.80 Å². The van der Waals surface area contributed by atoms with Crippen molar-refractivity contribution in [3.05, 3.63) is 69.8 Å². The number of carbonyl (C=O) groups excluding carboxylic acids is 2. The molecule has 0 radical (unpaired) electrons. The average Bonchev–Trinajstić information content (AvgIpc) is 2.79. The van der Waals surface area contributed by atoms with E-state index < -0.39 is 11.8 Å². The molecule has 128 valence electrons. The second kappa shape index (κ2) is 6.90. The number of anilines is 2. The lowest BCUT2D eigenvalue weighted by Gasteiger charge is -2.24. The normalized spacial score (nSPS) is 14.5. The maximum absolute atomic E-state index is 13.0. The lowest BCUT2D eigenvalue weighted by atomic mass is 10.2. The van der Waals surface area contributed by atoms with E-state index in [-0.39, 0.29) is 10.7 Å². The molecule has 0 atom stereocenters. The van der Waals surface area contributed by atoms with Crippen LogP contribution in [0.2, 0.25) is 5.02 Å². The molecule has 1 aliphatic rings. The van der Waals surface area contributed by atoms with Crippen molar-refractivity contribution < 1.29 is 9.59 Å². The van der Waals surface area contributed by atoms with Crippen molar-refractivity contribution in [1.29, 1.82) is 0 Å². The SMILES string of the molecule is CCN(C1=C(Cl)C(=O)N(c2cccc(Cl)c2)C1=O)c1cccc(C)c1. The van der Waals surface area contributed by atoms with E-state index in [1.165, 1.54) is 0 Å². The largest absolute Gasteiger partial charge is 0.336 e. The van der Waals surface area contributed by atoms with Crippen LogP contribution in [0.1, 0.15) is 12.5 Å². The van der Waals surface area contributed by atoms with Crippen molar-refractivity contribution in [2.45, 2.75) is 13.8 Å². The smallest absolute Gasteiger partial charge is 0.283 e. The monoisotopic (exact) mass is 374 g/mol. The molecule has 0 aliphatic carbocycles. The third-order valence-electron chi connectivity index (χ3n) is 3.97. The van der Waals surface area contributed by atoms with Gasteiger partial charge in [0.2, 0.25) is 0 Å². The first kappa shape index (κ1) is 17.5. The van der Waals surface area contributed by atoms with Crippen LogP contribution in [0.3, 0.4) is 0 Å². The molecule has 2 aromatic rings. The predicted molar refractivity (Wildman–Crippen MR) is 101 cm³/mol. The molecule has 0 unspecified atom stereocenters. The Morgan fingerprint density at radius 2 is 1.72 bits per heavy atom. The molecule has 3 rings (SSSR count).